The van der Waals surface area contributed by atoms with Crippen LogP contribution in [0.4, 0.5) is 57.1 Å². The number of aliphatic hydroxyl groups is 2. The lowest BCUT2D eigenvalue weighted by molar-refractivity contribution is -0.525. The highest BCUT2D eigenvalue weighted by Gasteiger charge is 2.81. The van der Waals surface area contributed by atoms with Crippen LogP contribution in [0.1, 0.15) is 34.1 Å². The molecule has 0 saturated carbocycles. The molecular weight excluding hydrogens is 531 g/mol. The molecule has 0 aromatic rings. The summed E-state index contributed by atoms with van der Waals surface area (Å²) in [4.78, 5) is 0. The summed E-state index contributed by atoms with van der Waals surface area (Å²) in [5.74, 6) is -6.98. The van der Waals surface area contributed by atoms with Gasteiger partial charge < -0.3 is 19.7 Å². The van der Waals surface area contributed by atoms with Crippen LogP contribution in [0.2, 0.25) is 0 Å². The van der Waals surface area contributed by atoms with E-state index in [2.05, 4.69) is 14.2 Å². The van der Waals surface area contributed by atoms with Gasteiger partial charge >= 0.3 is 30.4 Å². The number of halogens is 13. The average molecular weight is 554 g/mol. The molecule has 0 spiro atoms. The molecule has 0 aliphatic rings. The Morgan fingerprint density at radius 1 is 0.714 bits per heavy atom. The van der Waals surface area contributed by atoms with Gasteiger partial charge in [-0.05, 0) is 27.2 Å². The number of rotatable bonds is 13. The summed E-state index contributed by atoms with van der Waals surface area (Å²) in [6, 6.07) is 0. The second-order valence-corrected chi connectivity index (χ2v) is 8.04. The molecule has 0 saturated heterocycles. The topological polar surface area (TPSA) is 68.2 Å². The Balaban J connectivity index is 6.46. The molecule has 0 radical (unpaired) electrons. The Morgan fingerprint density at radius 3 is 1.51 bits per heavy atom. The van der Waals surface area contributed by atoms with E-state index in [0.29, 0.717) is 6.92 Å². The highest BCUT2D eigenvalue weighted by Crippen LogP contribution is 2.55. The first-order valence-electron chi connectivity index (χ1n) is 9.41. The van der Waals surface area contributed by atoms with Crippen LogP contribution in [0, 0.1) is 0 Å². The number of hydrogen-bond acceptors (Lipinski definition) is 5. The largest absolute Gasteiger partial charge is 0.458 e. The van der Waals surface area contributed by atoms with Gasteiger partial charge in [0.25, 0.3) is 5.67 Å². The molecule has 2 N–H and O–H groups in total. The summed E-state index contributed by atoms with van der Waals surface area (Å²) in [5, 5.41) is 17.6. The fourth-order valence-electron chi connectivity index (χ4n) is 2.22. The molecule has 5 nitrogen and oxygen atoms in total. The Hall–Kier alpha value is -1.11. The maximum Gasteiger partial charge on any atom is 0.458 e. The monoisotopic (exact) mass is 554 g/mol. The first-order valence-corrected chi connectivity index (χ1v) is 9.41. The van der Waals surface area contributed by atoms with Crippen molar-refractivity contribution in [2.45, 2.75) is 87.6 Å². The summed E-state index contributed by atoms with van der Waals surface area (Å²) in [6.07, 6.45) is -29.5. The van der Waals surface area contributed by atoms with Crippen molar-refractivity contribution in [3.63, 3.8) is 0 Å². The van der Waals surface area contributed by atoms with Crippen LogP contribution in [-0.2, 0) is 14.2 Å². The zero-order chi connectivity index (χ0) is 28.5. The molecule has 0 aromatic carbocycles. The van der Waals surface area contributed by atoms with E-state index in [9.17, 15) is 57.1 Å². The van der Waals surface area contributed by atoms with Gasteiger partial charge in [0.05, 0.1) is 19.8 Å². The van der Waals surface area contributed by atoms with E-state index in [0.717, 1.165) is 0 Å². The molecule has 0 amide bonds. The molecule has 0 bridgehead atoms. The van der Waals surface area contributed by atoms with Gasteiger partial charge in [-0.3, -0.25) is 4.74 Å². The third kappa shape index (κ3) is 6.81. The van der Waals surface area contributed by atoms with Crippen LogP contribution in [0.5, 0.6) is 0 Å². The fourth-order valence-corrected chi connectivity index (χ4v) is 2.22. The van der Waals surface area contributed by atoms with Crippen LogP contribution >= 0.6 is 0 Å². The van der Waals surface area contributed by atoms with E-state index in [1.54, 1.807) is 0 Å². The molecule has 4 atom stereocenters. The first kappa shape index (κ1) is 33.9. The third-order valence-electron chi connectivity index (χ3n) is 4.89. The lowest BCUT2D eigenvalue weighted by Gasteiger charge is -2.45. The molecular formula is C17H23F13O5. The zero-order valence-electron chi connectivity index (χ0n) is 18.4. The first-order chi connectivity index (χ1) is 15.2. The van der Waals surface area contributed by atoms with Crippen molar-refractivity contribution in [1.29, 1.82) is 0 Å². The van der Waals surface area contributed by atoms with Crippen LogP contribution in [0.15, 0.2) is 0 Å². The molecule has 0 aromatic heterocycles. The third-order valence-corrected chi connectivity index (χ3v) is 4.89. The highest BCUT2D eigenvalue weighted by molar-refractivity contribution is 5.04. The summed E-state index contributed by atoms with van der Waals surface area (Å²) in [6.45, 7) is -4.71. The molecule has 35 heavy (non-hydrogen) atoms. The smallest absolute Gasteiger partial charge is 0.394 e. The lowest BCUT2D eigenvalue weighted by Crippen LogP contribution is -2.68. The fraction of sp³-hybridized carbons (Fsp3) is 1.00. The normalized spacial score (nSPS) is 20.7. The van der Waals surface area contributed by atoms with Gasteiger partial charge in [-0.25, -0.2) is 8.78 Å². The van der Waals surface area contributed by atoms with Crippen LogP contribution < -0.4 is 0 Å². The van der Waals surface area contributed by atoms with E-state index < -0.39 is 79.7 Å². The zero-order valence-corrected chi connectivity index (χ0v) is 18.4. The minimum absolute atomic E-state index is 0.138. The maximum absolute atomic E-state index is 14.9. The highest BCUT2D eigenvalue weighted by atomic mass is 19.4. The van der Waals surface area contributed by atoms with Crippen molar-refractivity contribution >= 4 is 0 Å². The number of hydrogen-bond donors (Lipinski definition) is 2. The quantitative estimate of drug-likeness (QED) is 0.314. The van der Waals surface area contributed by atoms with Crippen LogP contribution in [0.25, 0.3) is 0 Å². The van der Waals surface area contributed by atoms with Gasteiger partial charge in [-0.2, -0.15) is 48.3 Å². The SMILES string of the molecule is CCC(C)(F)C(F)(F)OC(F)(C(F)(F)F)C(F)(F)OC(C)(C)C(F)(COCC(O)CO)C(F)(F)F. The van der Waals surface area contributed by atoms with Crippen molar-refractivity contribution < 1.29 is 81.5 Å². The van der Waals surface area contributed by atoms with E-state index in [-0.39, 0.29) is 20.8 Å². The standard InChI is InChI=1S/C17H23F13O5/c1-5-11(4,18)16(27,28)35-13(20,15(24,25)26)17(29,30)34-10(2,3)12(19,14(21,22)23)8-33-7-9(32)6-31/h9,31-32H,5-8H2,1-4H3. The summed E-state index contributed by atoms with van der Waals surface area (Å²) < 4.78 is 189. The molecule has 0 heterocycles. The van der Waals surface area contributed by atoms with E-state index in [1.807, 2.05) is 0 Å². The lowest BCUT2D eigenvalue weighted by atomic mass is 9.87. The van der Waals surface area contributed by atoms with Crippen LogP contribution in [0.3, 0.4) is 0 Å². The predicted molar refractivity (Wildman–Crippen MR) is 89.6 cm³/mol. The summed E-state index contributed by atoms with van der Waals surface area (Å²) >= 11 is 0. The number of ether oxygens (including phenoxy) is 3. The van der Waals surface area contributed by atoms with Gasteiger partial charge in [0.1, 0.15) is 11.7 Å². The number of alkyl halides is 13. The van der Waals surface area contributed by atoms with Crippen molar-refractivity contribution in [3.05, 3.63) is 0 Å². The minimum Gasteiger partial charge on any atom is -0.394 e. The summed E-state index contributed by atoms with van der Waals surface area (Å²) in [7, 11) is 0. The van der Waals surface area contributed by atoms with E-state index in [4.69, 9.17) is 10.2 Å². The molecule has 212 valence electrons. The second kappa shape index (κ2) is 10.3. The Kier molecular flexibility index (Phi) is 10.0. The minimum atomic E-state index is -7.18. The van der Waals surface area contributed by atoms with E-state index >= 15 is 0 Å². The molecule has 18 heteroatoms. The Bertz CT molecular complexity index is 695. The second-order valence-electron chi connectivity index (χ2n) is 8.04. The van der Waals surface area contributed by atoms with Gasteiger partial charge in [-0.1, -0.05) is 6.92 Å². The molecule has 0 aliphatic heterocycles. The van der Waals surface area contributed by atoms with Crippen molar-refractivity contribution in [2.24, 2.45) is 0 Å². The predicted octanol–water partition coefficient (Wildman–Crippen LogP) is 4.99. The molecule has 0 rings (SSSR count). The summed E-state index contributed by atoms with van der Waals surface area (Å²) in [5.41, 5.74) is -13.6. The van der Waals surface area contributed by atoms with Crippen LogP contribution in [-0.4, -0.2) is 83.5 Å². The molecule has 4 unspecified atom stereocenters. The maximum atomic E-state index is 14.9. The van der Waals surface area contributed by atoms with Crippen molar-refractivity contribution in [1.82, 2.24) is 0 Å². The van der Waals surface area contributed by atoms with Crippen molar-refractivity contribution in [3.8, 4) is 0 Å². The van der Waals surface area contributed by atoms with Gasteiger partial charge in [0, 0.05) is 0 Å². The Labute approximate surface area is 190 Å². The van der Waals surface area contributed by atoms with Gasteiger partial charge in [-0.15, -0.1) is 0 Å². The van der Waals surface area contributed by atoms with Crippen molar-refractivity contribution in [2.75, 3.05) is 19.8 Å². The molecule has 0 fully saturated rings. The number of aliphatic hydroxyl groups excluding tert-OH is 2. The van der Waals surface area contributed by atoms with Gasteiger partial charge in [0.2, 0.25) is 0 Å². The van der Waals surface area contributed by atoms with E-state index in [1.165, 1.54) is 0 Å². The average Bonchev–Trinajstić information content (AvgIpc) is 2.64. The van der Waals surface area contributed by atoms with Gasteiger partial charge in [0.15, 0.2) is 5.67 Å². The Morgan fingerprint density at radius 2 is 1.17 bits per heavy atom. The molecule has 0 aliphatic carbocycles.